The van der Waals surface area contributed by atoms with E-state index >= 15 is 0 Å². The lowest BCUT2D eigenvalue weighted by molar-refractivity contribution is -0.134. The van der Waals surface area contributed by atoms with Gasteiger partial charge < -0.3 is 10.6 Å². The number of urea groups is 1. The summed E-state index contributed by atoms with van der Waals surface area (Å²) in [5.41, 5.74) is 1.45. The van der Waals surface area contributed by atoms with E-state index < -0.39 is 11.6 Å². The van der Waals surface area contributed by atoms with E-state index in [2.05, 4.69) is 16.7 Å². The number of imide groups is 1. The fourth-order valence-corrected chi connectivity index (χ4v) is 3.42. The van der Waals surface area contributed by atoms with Crippen LogP contribution in [0.2, 0.25) is 0 Å². The summed E-state index contributed by atoms with van der Waals surface area (Å²) in [5, 5.41) is 5.58. The first-order valence-corrected chi connectivity index (χ1v) is 8.40. The lowest BCUT2D eigenvalue weighted by Gasteiger charge is -2.21. The molecule has 128 valence electrons. The average Bonchev–Trinajstić information content (AvgIpc) is 2.70. The Hall–Kier alpha value is -2.37. The van der Waals surface area contributed by atoms with Crippen molar-refractivity contribution in [2.45, 2.75) is 51.1 Å². The maximum absolute atomic E-state index is 12.4. The van der Waals surface area contributed by atoms with Crippen molar-refractivity contribution in [3.05, 3.63) is 35.4 Å². The van der Waals surface area contributed by atoms with E-state index in [1.807, 2.05) is 18.2 Å². The van der Waals surface area contributed by atoms with Crippen LogP contribution >= 0.6 is 0 Å². The van der Waals surface area contributed by atoms with E-state index in [0.717, 1.165) is 36.1 Å². The molecule has 1 aliphatic heterocycles. The van der Waals surface area contributed by atoms with E-state index in [9.17, 15) is 14.4 Å². The van der Waals surface area contributed by atoms with Gasteiger partial charge in [0.2, 0.25) is 5.91 Å². The Kier molecular flexibility index (Phi) is 4.30. The molecule has 2 N–H and O–H groups in total. The van der Waals surface area contributed by atoms with Crippen molar-refractivity contribution in [2.24, 2.45) is 0 Å². The number of amides is 4. The molecule has 1 aromatic carbocycles. The van der Waals surface area contributed by atoms with Gasteiger partial charge in [0.15, 0.2) is 0 Å². The molecule has 2 aliphatic rings. The number of nitrogens with zero attached hydrogens (tertiary/aromatic N) is 1. The molecule has 0 radical (unpaired) electrons. The van der Waals surface area contributed by atoms with Crippen molar-refractivity contribution < 1.29 is 14.4 Å². The van der Waals surface area contributed by atoms with E-state index in [-0.39, 0.29) is 24.4 Å². The molecule has 0 saturated carbocycles. The largest absolute Gasteiger partial charge is 0.348 e. The second-order valence-corrected chi connectivity index (χ2v) is 7.01. The SMILES string of the molecule is CC1(C)NC(=O)N(CC(=O)NC2CCCCc3ccccc32)C1=O. The van der Waals surface area contributed by atoms with E-state index in [1.165, 1.54) is 5.56 Å². The van der Waals surface area contributed by atoms with E-state index in [1.54, 1.807) is 13.8 Å². The van der Waals surface area contributed by atoms with E-state index in [4.69, 9.17) is 0 Å². The van der Waals surface area contributed by atoms with Crippen molar-refractivity contribution in [1.82, 2.24) is 15.5 Å². The average molecular weight is 329 g/mol. The minimum Gasteiger partial charge on any atom is -0.348 e. The molecule has 1 aliphatic carbocycles. The Morgan fingerprint density at radius 2 is 2.04 bits per heavy atom. The van der Waals surface area contributed by atoms with Gasteiger partial charge in [-0.3, -0.25) is 14.5 Å². The smallest absolute Gasteiger partial charge is 0.325 e. The second-order valence-electron chi connectivity index (χ2n) is 7.01. The first-order valence-electron chi connectivity index (χ1n) is 8.40. The normalized spacial score (nSPS) is 22.6. The van der Waals surface area contributed by atoms with Gasteiger partial charge in [0.25, 0.3) is 5.91 Å². The van der Waals surface area contributed by atoms with Crippen LogP contribution in [0.15, 0.2) is 24.3 Å². The lowest BCUT2D eigenvalue weighted by atomic mass is 9.99. The molecule has 1 saturated heterocycles. The first kappa shape index (κ1) is 16.5. The summed E-state index contributed by atoms with van der Waals surface area (Å²) in [5.74, 6) is -0.679. The van der Waals surface area contributed by atoms with Crippen LogP contribution in [-0.4, -0.2) is 34.8 Å². The van der Waals surface area contributed by atoms with Crippen LogP contribution in [0, 0.1) is 0 Å². The second kappa shape index (κ2) is 6.26. The quantitative estimate of drug-likeness (QED) is 0.657. The van der Waals surface area contributed by atoms with Gasteiger partial charge in [-0.25, -0.2) is 4.79 Å². The van der Waals surface area contributed by atoms with Crippen LogP contribution in [0.5, 0.6) is 0 Å². The van der Waals surface area contributed by atoms with Crippen LogP contribution in [0.1, 0.15) is 50.3 Å². The molecule has 24 heavy (non-hydrogen) atoms. The third-order valence-corrected chi connectivity index (χ3v) is 4.70. The minimum absolute atomic E-state index is 0.0648. The highest BCUT2D eigenvalue weighted by Crippen LogP contribution is 2.28. The third-order valence-electron chi connectivity index (χ3n) is 4.70. The van der Waals surface area contributed by atoms with Crippen LogP contribution in [-0.2, 0) is 16.0 Å². The molecule has 1 fully saturated rings. The summed E-state index contributed by atoms with van der Waals surface area (Å²) < 4.78 is 0. The number of carbonyl (C=O) groups excluding carboxylic acids is 3. The molecular formula is C18H23N3O3. The number of rotatable bonds is 3. The first-order chi connectivity index (χ1) is 11.4. The van der Waals surface area contributed by atoms with Crippen molar-refractivity contribution in [2.75, 3.05) is 6.54 Å². The number of benzene rings is 1. The number of hydrogen-bond donors (Lipinski definition) is 2. The zero-order chi connectivity index (χ0) is 17.3. The van der Waals surface area contributed by atoms with Crippen LogP contribution in [0.25, 0.3) is 0 Å². The highest BCUT2D eigenvalue weighted by Gasteiger charge is 2.45. The topological polar surface area (TPSA) is 78.5 Å². The zero-order valence-electron chi connectivity index (χ0n) is 14.1. The maximum Gasteiger partial charge on any atom is 0.325 e. The summed E-state index contributed by atoms with van der Waals surface area (Å²) in [6, 6.07) is 7.55. The predicted octanol–water partition coefficient (Wildman–Crippen LogP) is 1.90. The lowest BCUT2D eigenvalue weighted by Crippen LogP contribution is -2.43. The van der Waals surface area contributed by atoms with E-state index in [0.29, 0.717) is 0 Å². The third kappa shape index (κ3) is 3.13. The standard InChI is InChI=1S/C18H23N3O3/c1-18(2)16(23)21(17(24)20-18)11-15(22)19-14-10-6-4-8-12-7-3-5-9-13(12)14/h3,5,7,9,14H,4,6,8,10-11H2,1-2H3,(H,19,22)(H,20,24). The van der Waals surface area contributed by atoms with Gasteiger partial charge in [0.05, 0.1) is 6.04 Å². The van der Waals surface area contributed by atoms with Crippen LogP contribution in [0.4, 0.5) is 4.79 Å². The van der Waals surface area contributed by atoms with Crippen molar-refractivity contribution in [1.29, 1.82) is 0 Å². The number of carbonyl (C=O) groups is 3. The molecule has 6 nitrogen and oxygen atoms in total. The molecule has 3 rings (SSSR count). The van der Waals surface area contributed by atoms with Crippen molar-refractivity contribution >= 4 is 17.8 Å². The maximum atomic E-state index is 12.4. The Morgan fingerprint density at radius 3 is 2.75 bits per heavy atom. The molecular weight excluding hydrogens is 306 g/mol. The molecule has 1 heterocycles. The summed E-state index contributed by atoms with van der Waals surface area (Å²) in [7, 11) is 0. The summed E-state index contributed by atoms with van der Waals surface area (Å²) >= 11 is 0. The monoisotopic (exact) mass is 329 g/mol. The van der Waals surface area contributed by atoms with Gasteiger partial charge in [0.1, 0.15) is 12.1 Å². The Morgan fingerprint density at radius 1 is 1.29 bits per heavy atom. The van der Waals surface area contributed by atoms with Gasteiger partial charge in [-0.1, -0.05) is 30.7 Å². The highest BCUT2D eigenvalue weighted by atomic mass is 16.2. The fraction of sp³-hybridized carbons (Fsp3) is 0.500. The molecule has 1 atom stereocenters. The minimum atomic E-state index is -0.952. The number of fused-ring (bicyclic) bond motifs is 1. The van der Waals surface area contributed by atoms with Gasteiger partial charge in [-0.2, -0.15) is 0 Å². The number of aryl methyl sites for hydroxylation is 1. The Bertz CT molecular complexity index is 684. The Labute approximate surface area is 141 Å². The molecule has 1 unspecified atom stereocenters. The fourth-order valence-electron chi connectivity index (χ4n) is 3.42. The van der Waals surface area contributed by atoms with Gasteiger partial charge in [-0.15, -0.1) is 0 Å². The molecule has 4 amide bonds. The predicted molar refractivity (Wildman–Crippen MR) is 89.2 cm³/mol. The number of hydrogen-bond acceptors (Lipinski definition) is 3. The Balaban J connectivity index is 1.69. The van der Waals surface area contributed by atoms with Crippen LogP contribution < -0.4 is 10.6 Å². The summed E-state index contributed by atoms with van der Waals surface area (Å²) in [4.78, 5) is 37.5. The van der Waals surface area contributed by atoms with Crippen molar-refractivity contribution in [3.8, 4) is 0 Å². The number of nitrogens with one attached hydrogen (secondary N) is 2. The molecule has 0 bridgehead atoms. The molecule has 6 heteroatoms. The highest BCUT2D eigenvalue weighted by molar-refractivity contribution is 6.08. The zero-order valence-corrected chi connectivity index (χ0v) is 14.1. The summed E-state index contributed by atoms with van der Waals surface area (Å²) in [6.45, 7) is 3.02. The van der Waals surface area contributed by atoms with Gasteiger partial charge in [0, 0.05) is 0 Å². The van der Waals surface area contributed by atoms with Gasteiger partial charge >= 0.3 is 6.03 Å². The molecule has 0 aromatic heterocycles. The van der Waals surface area contributed by atoms with Crippen LogP contribution in [0.3, 0.4) is 0 Å². The molecule has 1 aromatic rings. The van der Waals surface area contributed by atoms with Crippen molar-refractivity contribution in [3.63, 3.8) is 0 Å². The molecule has 0 spiro atoms. The van der Waals surface area contributed by atoms with Gasteiger partial charge in [-0.05, 0) is 44.2 Å². The summed E-state index contributed by atoms with van der Waals surface area (Å²) in [6.07, 6.45) is 4.03.